The zero-order valence-electron chi connectivity index (χ0n) is 14.7. The van der Waals surface area contributed by atoms with Gasteiger partial charge in [-0.1, -0.05) is 19.9 Å². The van der Waals surface area contributed by atoms with E-state index in [4.69, 9.17) is 0 Å². The number of hydrogen-bond acceptors (Lipinski definition) is 3. The van der Waals surface area contributed by atoms with E-state index in [-0.39, 0.29) is 0 Å². The van der Waals surface area contributed by atoms with Gasteiger partial charge in [-0.3, -0.25) is 9.89 Å². The Balaban J connectivity index is 1.63. The van der Waals surface area contributed by atoms with E-state index in [1.54, 1.807) is 0 Å². The van der Waals surface area contributed by atoms with Crippen LogP contribution in [-0.2, 0) is 0 Å². The number of likely N-dealkylation sites (tertiary alicyclic amines) is 2. The van der Waals surface area contributed by atoms with Gasteiger partial charge >= 0.3 is 0 Å². The monoisotopic (exact) mass is 334 g/mol. The molecule has 1 N–H and O–H groups in total. The zero-order chi connectivity index (χ0) is 16.3. The molecule has 4 nitrogen and oxygen atoms in total. The normalized spacial score (nSPS) is 23.4. The van der Waals surface area contributed by atoms with E-state index in [0.717, 1.165) is 25.6 Å². The van der Waals surface area contributed by atoms with Gasteiger partial charge < -0.3 is 10.2 Å². The molecule has 23 heavy (non-hydrogen) atoms. The molecule has 2 saturated heterocycles. The molecule has 1 aromatic rings. The van der Waals surface area contributed by atoms with Crippen LogP contribution in [0.2, 0.25) is 0 Å². The van der Waals surface area contributed by atoms with Crippen LogP contribution in [-0.4, -0.2) is 55.5 Å². The summed E-state index contributed by atoms with van der Waals surface area (Å²) in [5.74, 6) is 1.07. The topological polar surface area (TPSA) is 30.9 Å². The van der Waals surface area contributed by atoms with E-state index in [9.17, 15) is 0 Å². The summed E-state index contributed by atoms with van der Waals surface area (Å²) in [6, 6.07) is 4.92. The number of aliphatic imine (C=N–C) groups is 1. The molecule has 1 atom stereocenters. The second-order valence-corrected chi connectivity index (χ2v) is 8.52. The summed E-state index contributed by atoms with van der Waals surface area (Å²) in [5, 5.41) is 5.85. The summed E-state index contributed by atoms with van der Waals surface area (Å²) >= 11 is 1.87. The molecule has 0 amide bonds. The van der Waals surface area contributed by atoms with Crippen molar-refractivity contribution >= 4 is 17.3 Å². The predicted molar refractivity (Wildman–Crippen MR) is 99.2 cm³/mol. The zero-order valence-corrected chi connectivity index (χ0v) is 15.5. The van der Waals surface area contributed by atoms with Crippen molar-refractivity contribution < 1.29 is 0 Å². The Morgan fingerprint density at radius 2 is 2.13 bits per heavy atom. The first-order valence-corrected chi connectivity index (χ1v) is 9.70. The van der Waals surface area contributed by atoms with Crippen molar-refractivity contribution in [3.63, 3.8) is 0 Å². The molecule has 0 aromatic carbocycles. The summed E-state index contributed by atoms with van der Waals surface area (Å²) < 4.78 is 0. The molecule has 0 spiro atoms. The van der Waals surface area contributed by atoms with E-state index < -0.39 is 0 Å². The lowest BCUT2D eigenvalue weighted by molar-refractivity contribution is 0.247. The lowest BCUT2D eigenvalue weighted by atomic mass is 9.93. The Bertz CT molecular complexity index is 517. The minimum absolute atomic E-state index is 0.403. The van der Waals surface area contributed by atoms with Gasteiger partial charge in [0.05, 0.1) is 6.04 Å². The Labute approximate surface area is 144 Å². The van der Waals surface area contributed by atoms with Crippen molar-refractivity contribution in [3.05, 3.63) is 22.4 Å². The Morgan fingerprint density at radius 1 is 1.35 bits per heavy atom. The van der Waals surface area contributed by atoms with E-state index >= 15 is 0 Å². The quantitative estimate of drug-likeness (QED) is 0.678. The van der Waals surface area contributed by atoms with Crippen LogP contribution in [0.15, 0.2) is 22.5 Å². The third kappa shape index (κ3) is 4.07. The van der Waals surface area contributed by atoms with Crippen LogP contribution in [0.3, 0.4) is 0 Å². The fraction of sp³-hybridized carbons (Fsp3) is 0.722. The van der Waals surface area contributed by atoms with Crippen molar-refractivity contribution in [1.82, 2.24) is 15.1 Å². The minimum atomic E-state index is 0.403. The van der Waals surface area contributed by atoms with Gasteiger partial charge in [-0.05, 0) is 49.2 Å². The SMILES string of the molecule is CN=C(NCC(c1cccs1)N1CCCC1)N1CCC(C)(C)C1. The number of nitrogens with zero attached hydrogens (tertiary/aromatic N) is 3. The van der Waals surface area contributed by atoms with Crippen molar-refractivity contribution in [3.8, 4) is 0 Å². The summed E-state index contributed by atoms with van der Waals surface area (Å²) in [4.78, 5) is 11.0. The van der Waals surface area contributed by atoms with Crippen LogP contribution in [0.5, 0.6) is 0 Å². The fourth-order valence-corrected chi connectivity index (χ4v) is 4.62. The maximum atomic E-state index is 4.53. The highest BCUT2D eigenvalue weighted by Gasteiger charge is 2.31. The van der Waals surface area contributed by atoms with Crippen LogP contribution >= 0.6 is 11.3 Å². The first kappa shape index (κ1) is 16.8. The number of hydrogen-bond donors (Lipinski definition) is 1. The van der Waals surface area contributed by atoms with Gasteiger partial charge in [-0.25, -0.2) is 0 Å². The molecule has 0 bridgehead atoms. The number of guanidine groups is 1. The molecule has 1 aromatic heterocycles. The van der Waals surface area contributed by atoms with Gasteiger partial charge in [-0.2, -0.15) is 0 Å². The molecular formula is C18H30N4S. The second-order valence-electron chi connectivity index (χ2n) is 7.54. The fourth-order valence-electron chi connectivity index (χ4n) is 3.76. The summed E-state index contributed by atoms with van der Waals surface area (Å²) in [7, 11) is 1.91. The third-order valence-electron chi connectivity index (χ3n) is 5.10. The van der Waals surface area contributed by atoms with Crippen molar-refractivity contribution in [2.45, 2.75) is 39.2 Å². The van der Waals surface area contributed by atoms with E-state index in [1.165, 1.54) is 37.2 Å². The Kier molecular flexibility index (Phi) is 5.27. The summed E-state index contributed by atoms with van der Waals surface area (Å²) in [5.41, 5.74) is 0.403. The highest BCUT2D eigenvalue weighted by Crippen LogP contribution is 2.30. The molecule has 2 aliphatic rings. The molecule has 128 valence electrons. The average molecular weight is 335 g/mol. The maximum Gasteiger partial charge on any atom is 0.193 e. The number of thiophene rings is 1. The molecule has 3 heterocycles. The molecule has 5 heteroatoms. The third-order valence-corrected chi connectivity index (χ3v) is 6.07. The first-order valence-electron chi connectivity index (χ1n) is 8.82. The summed E-state index contributed by atoms with van der Waals surface area (Å²) in [6.07, 6.45) is 3.90. The Morgan fingerprint density at radius 3 is 2.70 bits per heavy atom. The van der Waals surface area contributed by atoms with Gasteiger partial charge in [0, 0.05) is 31.6 Å². The standard InChI is InChI=1S/C18H30N4S/c1-18(2)8-11-22(14-18)17(19-3)20-13-15(16-7-6-12-23-16)21-9-4-5-10-21/h6-7,12,15H,4-5,8-11,13-14H2,1-3H3,(H,19,20). The van der Waals surface area contributed by atoms with Crippen LogP contribution in [0, 0.1) is 5.41 Å². The molecule has 2 aliphatic heterocycles. The van der Waals surface area contributed by atoms with Crippen LogP contribution in [0.1, 0.15) is 44.0 Å². The van der Waals surface area contributed by atoms with Gasteiger partial charge in [0.1, 0.15) is 0 Å². The molecule has 1 unspecified atom stereocenters. The molecule has 0 aliphatic carbocycles. The molecule has 0 saturated carbocycles. The lowest BCUT2D eigenvalue weighted by Crippen LogP contribution is -2.44. The molecular weight excluding hydrogens is 304 g/mol. The number of rotatable bonds is 4. The largest absolute Gasteiger partial charge is 0.354 e. The molecule has 0 radical (unpaired) electrons. The van der Waals surface area contributed by atoms with E-state index in [0.29, 0.717) is 11.5 Å². The lowest BCUT2D eigenvalue weighted by Gasteiger charge is -2.30. The van der Waals surface area contributed by atoms with Crippen LogP contribution in [0.25, 0.3) is 0 Å². The number of nitrogens with one attached hydrogen (secondary N) is 1. The minimum Gasteiger partial charge on any atom is -0.354 e. The first-order chi connectivity index (χ1) is 11.1. The van der Waals surface area contributed by atoms with E-state index in [2.05, 4.69) is 51.5 Å². The van der Waals surface area contributed by atoms with Crippen LogP contribution < -0.4 is 5.32 Å². The van der Waals surface area contributed by atoms with Gasteiger partial charge in [0.25, 0.3) is 0 Å². The van der Waals surface area contributed by atoms with Gasteiger partial charge in [-0.15, -0.1) is 11.3 Å². The van der Waals surface area contributed by atoms with Gasteiger partial charge in [0.2, 0.25) is 0 Å². The van der Waals surface area contributed by atoms with Crippen molar-refractivity contribution in [2.75, 3.05) is 39.8 Å². The average Bonchev–Trinajstić information content (AvgIpc) is 3.25. The summed E-state index contributed by atoms with van der Waals surface area (Å²) in [6.45, 7) is 10.3. The smallest absolute Gasteiger partial charge is 0.193 e. The maximum absolute atomic E-state index is 4.53. The van der Waals surface area contributed by atoms with Crippen molar-refractivity contribution in [2.24, 2.45) is 10.4 Å². The van der Waals surface area contributed by atoms with Crippen LogP contribution in [0.4, 0.5) is 0 Å². The van der Waals surface area contributed by atoms with Crippen molar-refractivity contribution in [1.29, 1.82) is 0 Å². The van der Waals surface area contributed by atoms with E-state index in [1.807, 2.05) is 18.4 Å². The Hall–Kier alpha value is -1.07. The predicted octanol–water partition coefficient (Wildman–Crippen LogP) is 3.19. The molecule has 2 fully saturated rings. The second kappa shape index (κ2) is 7.22. The highest BCUT2D eigenvalue weighted by molar-refractivity contribution is 7.10. The molecule has 3 rings (SSSR count). The highest BCUT2D eigenvalue weighted by atomic mass is 32.1. The van der Waals surface area contributed by atoms with Gasteiger partial charge in [0.15, 0.2) is 5.96 Å².